The van der Waals surface area contributed by atoms with Gasteiger partial charge in [0.2, 0.25) is 0 Å². The van der Waals surface area contributed by atoms with Gasteiger partial charge >= 0.3 is 0 Å². The summed E-state index contributed by atoms with van der Waals surface area (Å²) in [7, 11) is 1.96. The second-order valence-corrected chi connectivity index (χ2v) is 4.79. The van der Waals surface area contributed by atoms with Crippen molar-refractivity contribution in [2.45, 2.75) is 38.3 Å². The molecule has 4 heteroatoms. The van der Waals surface area contributed by atoms with Gasteiger partial charge in [0.1, 0.15) is 5.82 Å². The molecule has 96 valence electrons. The SMILES string of the molecule is CNC(C)c1ccnc(N(CCC#N)C2CC2)c1. The van der Waals surface area contributed by atoms with Crippen molar-refractivity contribution in [1.29, 1.82) is 5.26 Å². The van der Waals surface area contributed by atoms with E-state index in [-0.39, 0.29) is 0 Å². The minimum absolute atomic E-state index is 0.323. The molecule has 4 nitrogen and oxygen atoms in total. The van der Waals surface area contributed by atoms with Crippen LogP contribution in [-0.2, 0) is 0 Å². The number of hydrogen-bond donors (Lipinski definition) is 1. The van der Waals surface area contributed by atoms with Crippen molar-refractivity contribution in [3.05, 3.63) is 23.9 Å². The van der Waals surface area contributed by atoms with E-state index in [9.17, 15) is 0 Å². The highest BCUT2D eigenvalue weighted by atomic mass is 15.2. The van der Waals surface area contributed by atoms with Gasteiger partial charge in [-0.2, -0.15) is 5.26 Å². The molecule has 0 aromatic carbocycles. The number of nitrogens with one attached hydrogen (secondary N) is 1. The van der Waals surface area contributed by atoms with E-state index in [0.717, 1.165) is 12.4 Å². The first-order valence-electron chi connectivity index (χ1n) is 6.53. The molecule has 1 heterocycles. The summed E-state index contributed by atoms with van der Waals surface area (Å²) >= 11 is 0. The highest BCUT2D eigenvalue weighted by Crippen LogP contribution is 2.31. The van der Waals surface area contributed by atoms with Crippen LogP contribution in [0.4, 0.5) is 5.82 Å². The molecule has 18 heavy (non-hydrogen) atoms. The molecule has 0 aliphatic heterocycles. The van der Waals surface area contributed by atoms with Crippen molar-refractivity contribution in [2.24, 2.45) is 0 Å². The van der Waals surface area contributed by atoms with E-state index in [1.54, 1.807) is 0 Å². The van der Waals surface area contributed by atoms with Crippen molar-refractivity contribution in [3.63, 3.8) is 0 Å². The van der Waals surface area contributed by atoms with Crippen LogP contribution in [0, 0.1) is 11.3 Å². The fourth-order valence-corrected chi connectivity index (χ4v) is 2.07. The van der Waals surface area contributed by atoms with Crippen LogP contribution in [0.3, 0.4) is 0 Å². The van der Waals surface area contributed by atoms with E-state index < -0.39 is 0 Å². The molecular weight excluding hydrogens is 224 g/mol. The minimum atomic E-state index is 0.323. The van der Waals surface area contributed by atoms with Crippen LogP contribution in [-0.4, -0.2) is 24.6 Å². The first kappa shape index (κ1) is 12.8. The van der Waals surface area contributed by atoms with E-state index in [2.05, 4.69) is 34.3 Å². The van der Waals surface area contributed by atoms with Crippen LogP contribution >= 0.6 is 0 Å². The second kappa shape index (κ2) is 5.83. The maximum Gasteiger partial charge on any atom is 0.129 e. The Kier molecular flexibility index (Phi) is 4.16. The quantitative estimate of drug-likeness (QED) is 0.834. The average molecular weight is 244 g/mol. The normalized spacial score (nSPS) is 16.1. The van der Waals surface area contributed by atoms with Crippen molar-refractivity contribution < 1.29 is 0 Å². The molecule has 1 N–H and O–H groups in total. The molecule has 1 unspecified atom stereocenters. The van der Waals surface area contributed by atoms with E-state index >= 15 is 0 Å². The number of anilines is 1. The summed E-state index contributed by atoms with van der Waals surface area (Å²) in [4.78, 5) is 6.73. The summed E-state index contributed by atoms with van der Waals surface area (Å²) in [6, 6.07) is 7.31. The van der Waals surface area contributed by atoms with Crippen LogP contribution in [0.5, 0.6) is 0 Å². The van der Waals surface area contributed by atoms with Crippen LogP contribution in [0.15, 0.2) is 18.3 Å². The Morgan fingerprint density at radius 1 is 1.61 bits per heavy atom. The van der Waals surface area contributed by atoms with Gasteiger partial charge in [-0.05, 0) is 44.5 Å². The molecule has 2 rings (SSSR count). The van der Waals surface area contributed by atoms with E-state index in [4.69, 9.17) is 5.26 Å². The Labute approximate surface area is 109 Å². The lowest BCUT2D eigenvalue weighted by Gasteiger charge is -2.23. The standard InChI is InChI=1S/C14H20N4/c1-11(16-2)12-6-8-17-14(10-12)18(9-3-7-15)13-4-5-13/h6,8,10-11,13,16H,3-5,9H2,1-2H3. The number of hydrogen-bond acceptors (Lipinski definition) is 4. The molecule has 1 aliphatic carbocycles. The highest BCUT2D eigenvalue weighted by Gasteiger charge is 2.29. The highest BCUT2D eigenvalue weighted by molar-refractivity contribution is 5.44. The molecular formula is C14H20N4. The maximum absolute atomic E-state index is 8.74. The molecule has 1 aromatic rings. The summed E-state index contributed by atoms with van der Waals surface area (Å²) < 4.78 is 0. The van der Waals surface area contributed by atoms with Crippen LogP contribution in [0.25, 0.3) is 0 Å². The van der Waals surface area contributed by atoms with Gasteiger partial charge in [-0.15, -0.1) is 0 Å². The number of nitriles is 1. The lowest BCUT2D eigenvalue weighted by atomic mass is 10.1. The van der Waals surface area contributed by atoms with Crippen LogP contribution in [0.2, 0.25) is 0 Å². The smallest absolute Gasteiger partial charge is 0.129 e. The average Bonchev–Trinajstić information content (AvgIpc) is 3.23. The number of aromatic nitrogens is 1. The zero-order chi connectivity index (χ0) is 13.0. The number of nitrogens with zero attached hydrogens (tertiary/aromatic N) is 3. The summed E-state index contributed by atoms with van der Waals surface area (Å²) in [5.74, 6) is 1.01. The molecule has 0 radical (unpaired) electrons. The number of pyridine rings is 1. The maximum atomic E-state index is 8.74. The van der Waals surface area contributed by atoms with Crippen LogP contribution < -0.4 is 10.2 Å². The number of rotatable bonds is 6. The van der Waals surface area contributed by atoms with Gasteiger partial charge in [0.25, 0.3) is 0 Å². The third kappa shape index (κ3) is 2.99. The van der Waals surface area contributed by atoms with Crippen molar-refractivity contribution in [2.75, 3.05) is 18.5 Å². The molecule has 0 bridgehead atoms. The summed E-state index contributed by atoms with van der Waals surface area (Å²) in [6.07, 6.45) is 4.86. The first-order chi connectivity index (χ1) is 8.76. The van der Waals surface area contributed by atoms with Gasteiger partial charge in [0.05, 0.1) is 12.5 Å². The first-order valence-corrected chi connectivity index (χ1v) is 6.53. The molecule has 1 aliphatic rings. The van der Waals surface area contributed by atoms with E-state index in [1.165, 1.54) is 18.4 Å². The Morgan fingerprint density at radius 2 is 2.39 bits per heavy atom. The minimum Gasteiger partial charge on any atom is -0.353 e. The van der Waals surface area contributed by atoms with E-state index in [1.807, 2.05) is 19.3 Å². The predicted molar refractivity (Wildman–Crippen MR) is 72.3 cm³/mol. The summed E-state index contributed by atoms with van der Waals surface area (Å²) in [6.45, 7) is 2.92. The molecule has 1 aromatic heterocycles. The lowest BCUT2D eigenvalue weighted by molar-refractivity contribution is 0.650. The summed E-state index contributed by atoms with van der Waals surface area (Å²) in [5.41, 5.74) is 1.24. The lowest BCUT2D eigenvalue weighted by Crippen LogP contribution is -2.27. The Bertz CT molecular complexity index is 434. The van der Waals surface area contributed by atoms with Crippen molar-refractivity contribution in [3.8, 4) is 6.07 Å². The van der Waals surface area contributed by atoms with E-state index in [0.29, 0.717) is 18.5 Å². The van der Waals surface area contributed by atoms with Gasteiger partial charge in [0, 0.05) is 24.8 Å². The van der Waals surface area contributed by atoms with Crippen molar-refractivity contribution in [1.82, 2.24) is 10.3 Å². The molecule has 1 atom stereocenters. The largest absolute Gasteiger partial charge is 0.353 e. The molecule has 1 saturated carbocycles. The predicted octanol–water partition coefficient (Wildman–Crippen LogP) is 2.24. The van der Waals surface area contributed by atoms with Gasteiger partial charge in [-0.1, -0.05) is 0 Å². The third-order valence-electron chi connectivity index (χ3n) is 3.45. The zero-order valence-electron chi connectivity index (χ0n) is 11.1. The van der Waals surface area contributed by atoms with Gasteiger partial charge in [-0.25, -0.2) is 4.98 Å². The fraction of sp³-hybridized carbons (Fsp3) is 0.571. The van der Waals surface area contributed by atoms with Gasteiger partial charge in [0.15, 0.2) is 0 Å². The molecule has 1 fully saturated rings. The Hall–Kier alpha value is -1.60. The van der Waals surface area contributed by atoms with Gasteiger partial charge in [-0.3, -0.25) is 0 Å². The Morgan fingerprint density at radius 3 is 3.00 bits per heavy atom. The summed E-state index contributed by atoms with van der Waals surface area (Å²) in [5, 5.41) is 12.0. The molecule has 0 spiro atoms. The Balaban J connectivity index is 2.16. The van der Waals surface area contributed by atoms with Crippen molar-refractivity contribution >= 4 is 5.82 Å². The van der Waals surface area contributed by atoms with Gasteiger partial charge < -0.3 is 10.2 Å². The monoisotopic (exact) mass is 244 g/mol. The molecule has 0 saturated heterocycles. The topological polar surface area (TPSA) is 52.0 Å². The fourth-order valence-electron chi connectivity index (χ4n) is 2.07. The second-order valence-electron chi connectivity index (χ2n) is 4.79. The third-order valence-corrected chi connectivity index (χ3v) is 3.45. The van der Waals surface area contributed by atoms with Crippen LogP contribution in [0.1, 0.15) is 37.8 Å². The molecule has 0 amide bonds. The zero-order valence-corrected chi connectivity index (χ0v) is 11.1.